The van der Waals surface area contributed by atoms with Crippen molar-refractivity contribution in [2.45, 2.75) is 0 Å². The van der Waals surface area contributed by atoms with Crippen LogP contribution >= 0.6 is 0 Å². The fourth-order valence-electron chi connectivity index (χ4n) is 1.29. The Kier molecular flexibility index (Phi) is 4.55. The van der Waals surface area contributed by atoms with E-state index in [1.54, 1.807) is 6.07 Å². The highest BCUT2D eigenvalue weighted by atomic mass is 32.2. The Bertz CT molecular complexity index is 534. The molecule has 0 radical (unpaired) electrons. The van der Waals surface area contributed by atoms with Gasteiger partial charge >= 0.3 is 5.97 Å². The van der Waals surface area contributed by atoms with Crippen LogP contribution in [0.3, 0.4) is 0 Å². The minimum absolute atomic E-state index is 0.0381. The van der Waals surface area contributed by atoms with Gasteiger partial charge in [-0.2, -0.15) is 0 Å². The summed E-state index contributed by atoms with van der Waals surface area (Å²) in [5, 5.41) is 8.99. The number of hydrogen-bond donors (Lipinski definition) is 1. The van der Waals surface area contributed by atoms with Gasteiger partial charge in [0.05, 0.1) is 12.9 Å². The molecule has 18 heavy (non-hydrogen) atoms. The molecule has 100 valence electrons. The topological polar surface area (TPSA) is 89.9 Å². The van der Waals surface area contributed by atoms with Gasteiger partial charge in [0.1, 0.15) is 12.2 Å². The van der Waals surface area contributed by atoms with Gasteiger partial charge in [0, 0.05) is 6.26 Å². The van der Waals surface area contributed by atoms with E-state index in [1.807, 2.05) is 0 Å². The van der Waals surface area contributed by atoms with Crippen molar-refractivity contribution in [2.75, 3.05) is 25.7 Å². The molecule has 1 aromatic rings. The second-order valence-electron chi connectivity index (χ2n) is 3.62. The van der Waals surface area contributed by atoms with Crippen molar-refractivity contribution in [2.24, 2.45) is 0 Å². The van der Waals surface area contributed by atoms with Gasteiger partial charge < -0.3 is 14.6 Å². The van der Waals surface area contributed by atoms with Crippen LogP contribution in [0.15, 0.2) is 18.2 Å². The van der Waals surface area contributed by atoms with Gasteiger partial charge in [-0.15, -0.1) is 0 Å². The molecule has 0 atom stereocenters. The first-order valence-electron chi connectivity index (χ1n) is 5.06. The van der Waals surface area contributed by atoms with Gasteiger partial charge in [0.2, 0.25) is 0 Å². The van der Waals surface area contributed by atoms with Gasteiger partial charge in [-0.25, -0.2) is 13.2 Å². The van der Waals surface area contributed by atoms with Crippen LogP contribution in [0.5, 0.6) is 11.5 Å². The molecule has 0 unspecified atom stereocenters. The Morgan fingerprint density at radius 1 is 1.39 bits per heavy atom. The summed E-state index contributed by atoms with van der Waals surface area (Å²) >= 11 is 0. The Labute approximate surface area is 105 Å². The number of ether oxygens (including phenoxy) is 2. The minimum Gasteiger partial charge on any atom is -0.493 e. The number of sulfone groups is 1. The molecule has 0 bridgehead atoms. The summed E-state index contributed by atoms with van der Waals surface area (Å²) in [7, 11) is -1.78. The van der Waals surface area contributed by atoms with Crippen LogP contribution in [-0.4, -0.2) is 45.2 Å². The second kappa shape index (κ2) is 5.72. The van der Waals surface area contributed by atoms with E-state index in [0.29, 0.717) is 0 Å². The lowest BCUT2D eigenvalue weighted by molar-refractivity contribution is 0.0691. The zero-order chi connectivity index (χ0) is 13.8. The number of carbonyl (C=O) groups is 1. The number of rotatable bonds is 6. The monoisotopic (exact) mass is 274 g/mol. The number of methoxy groups -OCH3 is 1. The smallest absolute Gasteiger partial charge is 0.339 e. The number of carboxylic acid groups (broad SMARTS) is 1. The average molecular weight is 274 g/mol. The van der Waals surface area contributed by atoms with Gasteiger partial charge in [-0.05, 0) is 12.1 Å². The molecular weight excluding hydrogens is 260 g/mol. The predicted molar refractivity (Wildman–Crippen MR) is 65.2 cm³/mol. The van der Waals surface area contributed by atoms with Crippen LogP contribution in [0, 0.1) is 0 Å². The molecule has 0 saturated carbocycles. The van der Waals surface area contributed by atoms with Crippen molar-refractivity contribution >= 4 is 15.8 Å². The molecule has 1 N–H and O–H groups in total. The fourth-order valence-corrected chi connectivity index (χ4v) is 1.68. The van der Waals surface area contributed by atoms with Gasteiger partial charge in [-0.1, -0.05) is 6.07 Å². The van der Waals surface area contributed by atoms with Gasteiger partial charge in [0.15, 0.2) is 21.3 Å². The molecule has 0 aliphatic carbocycles. The van der Waals surface area contributed by atoms with E-state index < -0.39 is 15.8 Å². The molecule has 0 spiro atoms. The van der Waals surface area contributed by atoms with Gasteiger partial charge in [0.25, 0.3) is 0 Å². The maximum absolute atomic E-state index is 11.0. The van der Waals surface area contributed by atoms with Gasteiger partial charge in [-0.3, -0.25) is 0 Å². The molecule has 0 aliphatic heterocycles. The zero-order valence-electron chi connectivity index (χ0n) is 10.0. The van der Waals surface area contributed by atoms with Crippen LogP contribution in [0.2, 0.25) is 0 Å². The number of para-hydroxylation sites is 1. The van der Waals surface area contributed by atoms with Crippen LogP contribution in [0.1, 0.15) is 10.4 Å². The lowest BCUT2D eigenvalue weighted by atomic mass is 10.2. The molecule has 0 aromatic heterocycles. The molecule has 0 heterocycles. The number of hydrogen-bond acceptors (Lipinski definition) is 5. The third-order valence-corrected chi connectivity index (χ3v) is 3.04. The standard InChI is InChI=1S/C11H14O6S/c1-16-9-5-3-4-8(11(12)13)10(9)17-6-7-18(2,14)15/h3-5H,6-7H2,1-2H3,(H,12,13). The summed E-state index contributed by atoms with van der Waals surface area (Å²) in [6, 6.07) is 4.43. The maximum atomic E-state index is 11.0. The largest absolute Gasteiger partial charge is 0.493 e. The molecule has 0 saturated heterocycles. The first-order valence-corrected chi connectivity index (χ1v) is 7.12. The molecule has 7 heteroatoms. The Balaban J connectivity index is 2.95. The Morgan fingerprint density at radius 3 is 2.56 bits per heavy atom. The lowest BCUT2D eigenvalue weighted by Crippen LogP contribution is -2.14. The lowest BCUT2D eigenvalue weighted by Gasteiger charge is -2.12. The van der Waals surface area contributed by atoms with Crippen LogP contribution in [0.4, 0.5) is 0 Å². The van der Waals surface area contributed by atoms with E-state index >= 15 is 0 Å². The normalized spacial score (nSPS) is 11.0. The Morgan fingerprint density at radius 2 is 2.06 bits per heavy atom. The minimum atomic E-state index is -3.16. The predicted octanol–water partition coefficient (Wildman–Crippen LogP) is 0.817. The SMILES string of the molecule is COc1cccc(C(=O)O)c1OCCS(C)(=O)=O. The van der Waals surface area contributed by atoms with Crippen molar-refractivity contribution in [3.8, 4) is 11.5 Å². The van der Waals surface area contributed by atoms with Crippen LogP contribution < -0.4 is 9.47 Å². The third kappa shape index (κ3) is 3.92. The second-order valence-corrected chi connectivity index (χ2v) is 5.88. The summed E-state index contributed by atoms with van der Waals surface area (Å²) in [5.41, 5.74) is -0.0668. The summed E-state index contributed by atoms with van der Waals surface area (Å²) in [5.74, 6) is -1.06. The summed E-state index contributed by atoms with van der Waals surface area (Å²) in [6.45, 7) is -0.126. The van der Waals surface area contributed by atoms with E-state index in [4.69, 9.17) is 14.6 Å². The highest BCUT2D eigenvalue weighted by Crippen LogP contribution is 2.30. The Hall–Kier alpha value is -1.76. The number of carboxylic acids is 1. The molecular formula is C11H14O6S. The fraction of sp³-hybridized carbons (Fsp3) is 0.364. The molecule has 6 nitrogen and oxygen atoms in total. The van der Waals surface area contributed by atoms with Crippen molar-refractivity contribution in [1.29, 1.82) is 0 Å². The summed E-state index contributed by atoms with van der Waals surface area (Å²) < 4.78 is 32.1. The van der Waals surface area contributed by atoms with E-state index in [1.165, 1.54) is 19.2 Å². The highest BCUT2D eigenvalue weighted by molar-refractivity contribution is 7.90. The van der Waals surface area contributed by atoms with E-state index in [0.717, 1.165) is 6.26 Å². The summed E-state index contributed by atoms with van der Waals surface area (Å²) in [4.78, 5) is 11.0. The molecule has 1 rings (SSSR count). The molecule has 0 fully saturated rings. The van der Waals surface area contributed by atoms with Crippen molar-refractivity contribution in [1.82, 2.24) is 0 Å². The molecule has 0 aliphatic rings. The average Bonchev–Trinajstić information content (AvgIpc) is 2.27. The summed E-state index contributed by atoms with van der Waals surface area (Å²) in [6.07, 6.45) is 1.08. The maximum Gasteiger partial charge on any atom is 0.339 e. The van der Waals surface area contributed by atoms with Crippen LogP contribution in [-0.2, 0) is 9.84 Å². The highest BCUT2D eigenvalue weighted by Gasteiger charge is 2.16. The van der Waals surface area contributed by atoms with E-state index in [2.05, 4.69) is 0 Å². The third-order valence-electron chi connectivity index (χ3n) is 2.13. The van der Waals surface area contributed by atoms with Crippen molar-refractivity contribution in [3.63, 3.8) is 0 Å². The first kappa shape index (κ1) is 14.3. The quantitative estimate of drug-likeness (QED) is 0.825. The van der Waals surface area contributed by atoms with Crippen LogP contribution in [0.25, 0.3) is 0 Å². The van der Waals surface area contributed by atoms with E-state index in [9.17, 15) is 13.2 Å². The zero-order valence-corrected chi connectivity index (χ0v) is 10.9. The first-order chi connectivity index (χ1) is 8.35. The molecule has 0 amide bonds. The van der Waals surface area contributed by atoms with E-state index in [-0.39, 0.29) is 29.4 Å². The molecule has 1 aromatic carbocycles. The number of benzene rings is 1. The van der Waals surface area contributed by atoms with Crippen molar-refractivity contribution < 1.29 is 27.8 Å². The van der Waals surface area contributed by atoms with Crippen molar-refractivity contribution in [3.05, 3.63) is 23.8 Å². The number of aromatic carboxylic acids is 1.